The summed E-state index contributed by atoms with van der Waals surface area (Å²) >= 11 is 0. The van der Waals surface area contributed by atoms with Gasteiger partial charge in [-0.1, -0.05) is 54.1 Å². The Balaban J connectivity index is 1.51. The molecule has 0 spiro atoms. The van der Waals surface area contributed by atoms with Gasteiger partial charge in [-0.3, -0.25) is 4.79 Å². The van der Waals surface area contributed by atoms with Crippen LogP contribution in [0.1, 0.15) is 29.0 Å². The molecule has 0 bridgehead atoms. The molecule has 0 aliphatic rings. The third kappa shape index (κ3) is 4.57. The standard InChI is InChI=1S/C21H22N2O2/c1-15-7-9-17(10-8-15)19-14-23-21(25-19)12-11-20(24)22-13-18-6-4-3-5-16(18)2/h3-10,14H,11-13H2,1-2H3,(H,22,24). The Morgan fingerprint density at radius 3 is 2.60 bits per heavy atom. The third-order valence-electron chi connectivity index (χ3n) is 4.19. The number of hydrogen-bond donors (Lipinski definition) is 1. The van der Waals surface area contributed by atoms with Gasteiger partial charge in [0.25, 0.3) is 0 Å². The minimum atomic E-state index is -0.00154. The molecule has 1 N–H and O–H groups in total. The Morgan fingerprint density at radius 1 is 1.08 bits per heavy atom. The predicted molar refractivity (Wildman–Crippen MR) is 98.0 cm³/mol. The summed E-state index contributed by atoms with van der Waals surface area (Å²) in [5.41, 5.74) is 4.51. The molecule has 3 aromatic rings. The van der Waals surface area contributed by atoms with E-state index < -0.39 is 0 Å². The molecule has 0 fully saturated rings. The molecule has 0 aliphatic heterocycles. The number of oxazole rings is 1. The predicted octanol–water partition coefficient (Wildman–Crippen LogP) is 4.21. The SMILES string of the molecule is Cc1ccc(-c2cnc(CCC(=O)NCc3ccccc3C)o2)cc1. The summed E-state index contributed by atoms with van der Waals surface area (Å²) in [4.78, 5) is 16.3. The summed E-state index contributed by atoms with van der Waals surface area (Å²) in [5.74, 6) is 1.32. The van der Waals surface area contributed by atoms with Crippen molar-refractivity contribution in [1.82, 2.24) is 10.3 Å². The summed E-state index contributed by atoms with van der Waals surface area (Å²) in [6.07, 6.45) is 2.57. The van der Waals surface area contributed by atoms with Gasteiger partial charge in [0.2, 0.25) is 5.91 Å². The molecular formula is C21H22N2O2. The zero-order valence-electron chi connectivity index (χ0n) is 14.6. The van der Waals surface area contributed by atoms with Crippen LogP contribution >= 0.6 is 0 Å². The van der Waals surface area contributed by atoms with E-state index in [1.54, 1.807) is 6.20 Å². The zero-order valence-corrected chi connectivity index (χ0v) is 14.6. The smallest absolute Gasteiger partial charge is 0.220 e. The molecule has 0 saturated heterocycles. The van der Waals surface area contributed by atoms with E-state index in [-0.39, 0.29) is 5.91 Å². The van der Waals surface area contributed by atoms with Crippen LogP contribution in [-0.4, -0.2) is 10.9 Å². The molecule has 0 unspecified atom stereocenters. The first-order valence-corrected chi connectivity index (χ1v) is 8.45. The number of nitrogens with one attached hydrogen (secondary N) is 1. The first-order chi connectivity index (χ1) is 12.1. The Morgan fingerprint density at radius 2 is 1.84 bits per heavy atom. The summed E-state index contributed by atoms with van der Waals surface area (Å²) < 4.78 is 5.75. The van der Waals surface area contributed by atoms with Crippen LogP contribution in [0.3, 0.4) is 0 Å². The molecule has 4 nitrogen and oxygen atoms in total. The second kappa shape index (κ2) is 7.79. The van der Waals surface area contributed by atoms with Crippen LogP contribution in [0.25, 0.3) is 11.3 Å². The first-order valence-electron chi connectivity index (χ1n) is 8.45. The van der Waals surface area contributed by atoms with E-state index >= 15 is 0 Å². The normalized spacial score (nSPS) is 10.6. The van der Waals surface area contributed by atoms with Gasteiger partial charge in [-0.2, -0.15) is 0 Å². The van der Waals surface area contributed by atoms with Crippen LogP contribution < -0.4 is 5.32 Å². The molecule has 1 amide bonds. The van der Waals surface area contributed by atoms with Gasteiger partial charge < -0.3 is 9.73 Å². The van der Waals surface area contributed by atoms with Crippen molar-refractivity contribution in [2.45, 2.75) is 33.2 Å². The van der Waals surface area contributed by atoms with E-state index in [4.69, 9.17) is 4.42 Å². The van der Waals surface area contributed by atoms with Crippen molar-refractivity contribution < 1.29 is 9.21 Å². The Hall–Kier alpha value is -2.88. The molecule has 0 saturated carbocycles. The maximum absolute atomic E-state index is 12.0. The Kier molecular flexibility index (Phi) is 5.29. The van der Waals surface area contributed by atoms with E-state index in [0.29, 0.717) is 25.3 Å². The lowest BCUT2D eigenvalue weighted by molar-refractivity contribution is -0.121. The van der Waals surface area contributed by atoms with Crippen molar-refractivity contribution in [3.8, 4) is 11.3 Å². The minimum absolute atomic E-state index is 0.00154. The van der Waals surface area contributed by atoms with E-state index in [0.717, 1.165) is 16.9 Å². The molecule has 4 heteroatoms. The van der Waals surface area contributed by atoms with Crippen LogP contribution in [0, 0.1) is 13.8 Å². The maximum atomic E-state index is 12.0. The van der Waals surface area contributed by atoms with Gasteiger partial charge in [0.1, 0.15) is 0 Å². The van der Waals surface area contributed by atoms with Crippen LogP contribution in [-0.2, 0) is 17.8 Å². The molecule has 0 atom stereocenters. The molecule has 0 aliphatic carbocycles. The number of rotatable bonds is 6. The highest BCUT2D eigenvalue weighted by Gasteiger charge is 2.09. The molecule has 1 aromatic heterocycles. The fourth-order valence-electron chi connectivity index (χ4n) is 2.59. The lowest BCUT2D eigenvalue weighted by Crippen LogP contribution is -2.23. The number of benzene rings is 2. The van der Waals surface area contributed by atoms with Gasteiger partial charge in [0.15, 0.2) is 11.7 Å². The molecule has 2 aromatic carbocycles. The number of amides is 1. The van der Waals surface area contributed by atoms with Gasteiger partial charge in [0, 0.05) is 24.9 Å². The number of carbonyl (C=O) groups is 1. The van der Waals surface area contributed by atoms with Crippen molar-refractivity contribution in [2.24, 2.45) is 0 Å². The average molecular weight is 334 g/mol. The maximum Gasteiger partial charge on any atom is 0.220 e. The van der Waals surface area contributed by atoms with E-state index in [1.165, 1.54) is 11.1 Å². The first kappa shape index (κ1) is 17.0. The minimum Gasteiger partial charge on any atom is -0.441 e. The highest BCUT2D eigenvalue weighted by atomic mass is 16.4. The topological polar surface area (TPSA) is 55.1 Å². The van der Waals surface area contributed by atoms with Crippen molar-refractivity contribution in [2.75, 3.05) is 0 Å². The van der Waals surface area contributed by atoms with Gasteiger partial charge >= 0.3 is 0 Å². The van der Waals surface area contributed by atoms with Crippen LogP contribution in [0.2, 0.25) is 0 Å². The fourth-order valence-corrected chi connectivity index (χ4v) is 2.59. The lowest BCUT2D eigenvalue weighted by atomic mass is 10.1. The average Bonchev–Trinajstić information content (AvgIpc) is 3.09. The summed E-state index contributed by atoms with van der Waals surface area (Å²) in [6.45, 7) is 4.64. The van der Waals surface area contributed by atoms with Crippen molar-refractivity contribution >= 4 is 5.91 Å². The molecule has 3 rings (SSSR count). The van der Waals surface area contributed by atoms with Crippen LogP contribution in [0.4, 0.5) is 0 Å². The lowest BCUT2D eigenvalue weighted by Gasteiger charge is -2.07. The number of nitrogens with zero attached hydrogens (tertiary/aromatic N) is 1. The zero-order chi connectivity index (χ0) is 17.6. The molecule has 1 heterocycles. The van der Waals surface area contributed by atoms with Gasteiger partial charge in [-0.15, -0.1) is 0 Å². The molecule has 0 radical (unpaired) electrons. The summed E-state index contributed by atoms with van der Waals surface area (Å²) in [7, 11) is 0. The Labute approximate surface area is 147 Å². The number of hydrogen-bond acceptors (Lipinski definition) is 3. The van der Waals surface area contributed by atoms with Gasteiger partial charge in [-0.25, -0.2) is 4.98 Å². The fraction of sp³-hybridized carbons (Fsp3) is 0.238. The number of aromatic nitrogens is 1. The second-order valence-corrected chi connectivity index (χ2v) is 6.19. The molecule has 128 valence electrons. The van der Waals surface area contributed by atoms with Crippen LogP contribution in [0.15, 0.2) is 59.1 Å². The van der Waals surface area contributed by atoms with Crippen molar-refractivity contribution in [1.29, 1.82) is 0 Å². The third-order valence-corrected chi connectivity index (χ3v) is 4.19. The van der Waals surface area contributed by atoms with E-state index in [2.05, 4.69) is 10.3 Å². The number of aryl methyl sites for hydroxylation is 3. The van der Waals surface area contributed by atoms with Crippen molar-refractivity contribution in [3.05, 3.63) is 77.3 Å². The highest BCUT2D eigenvalue weighted by molar-refractivity contribution is 5.76. The summed E-state index contributed by atoms with van der Waals surface area (Å²) in [6, 6.07) is 16.1. The molecule has 25 heavy (non-hydrogen) atoms. The van der Waals surface area contributed by atoms with E-state index in [9.17, 15) is 4.79 Å². The van der Waals surface area contributed by atoms with Gasteiger partial charge in [0.05, 0.1) is 6.20 Å². The largest absolute Gasteiger partial charge is 0.441 e. The summed E-state index contributed by atoms with van der Waals surface area (Å²) in [5, 5.41) is 2.95. The van der Waals surface area contributed by atoms with E-state index in [1.807, 2.05) is 62.4 Å². The molecular weight excluding hydrogens is 312 g/mol. The van der Waals surface area contributed by atoms with Crippen molar-refractivity contribution in [3.63, 3.8) is 0 Å². The quantitative estimate of drug-likeness (QED) is 0.735. The second-order valence-electron chi connectivity index (χ2n) is 6.19. The van der Waals surface area contributed by atoms with Crippen LogP contribution in [0.5, 0.6) is 0 Å². The van der Waals surface area contributed by atoms with Gasteiger partial charge in [-0.05, 0) is 25.0 Å². The monoisotopic (exact) mass is 334 g/mol. The highest BCUT2D eigenvalue weighted by Crippen LogP contribution is 2.21. The Bertz CT molecular complexity index is 850. The number of carbonyl (C=O) groups excluding carboxylic acids is 1.